The van der Waals surface area contributed by atoms with Crippen molar-refractivity contribution in [2.45, 2.75) is 31.0 Å². The zero-order chi connectivity index (χ0) is 13.5. The minimum atomic E-state index is -2.41. The Balaban J connectivity index is 2.37. The summed E-state index contributed by atoms with van der Waals surface area (Å²) in [6.45, 7) is 2.01. The van der Waals surface area contributed by atoms with E-state index in [0.717, 1.165) is 0 Å². The molecule has 0 aliphatic heterocycles. The number of furan rings is 1. The predicted octanol–water partition coefficient (Wildman–Crippen LogP) is 2.39. The molecule has 0 saturated heterocycles. The summed E-state index contributed by atoms with van der Waals surface area (Å²) in [7, 11) is 1.31. The average Bonchev–Trinajstić information content (AvgIpc) is 2.80. The number of hydrogen-bond donors (Lipinski definition) is 1. The molecule has 0 amide bonds. The second kappa shape index (κ2) is 7.38. The fourth-order valence-electron chi connectivity index (χ4n) is 1.25. The number of hydrogen-bond acceptors (Lipinski definition) is 5. The lowest BCUT2D eigenvalue weighted by molar-refractivity contribution is -0.142. The largest absolute Gasteiger partial charge is 0.468 e. The van der Waals surface area contributed by atoms with Gasteiger partial charge in [0.05, 0.1) is 19.4 Å². The molecular weight excluding hydrogens is 264 g/mol. The van der Waals surface area contributed by atoms with Crippen molar-refractivity contribution in [3.05, 3.63) is 23.7 Å². The highest BCUT2D eigenvalue weighted by Crippen LogP contribution is 2.21. The molecule has 1 aromatic heterocycles. The standard InChI is InChI=1S/C11H15F2NO3S/c1-7(10(15)16-2)14-5-8-3-4-9(17-8)6-18-11(12)13/h3-4,7,11,14H,5-6H2,1-2H3. The second-order valence-corrected chi connectivity index (χ2v) is 4.54. The van der Waals surface area contributed by atoms with Crippen molar-refractivity contribution in [3.8, 4) is 0 Å². The molecule has 1 N–H and O–H groups in total. The number of alkyl halides is 2. The van der Waals surface area contributed by atoms with Crippen LogP contribution < -0.4 is 5.32 Å². The topological polar surface area (TPSA) is 51.5 Å². The Morgan fingerprint density at radius 1 is 1.50 bits per heavy atom. The first kappa shape index (κ1) is 15.0. The van der Waals surface area contributed by atoms with E-state index in [1.54, 1.807) is 19.1 Å². The van der Waals surface area contributed by atoms with Gasteiger partial charge in [0.1, 0.15) is 17.6 Å². The molecule has 1 heterocycles. The lowest BCUT2D eigenvalue weighted by atomic mass is 10.3. The summed E-state index contributed by atoms with van der Waals surface area (Å²) in [5.74, 6) is -1.56. The summed E-state index contributed by atoms with van der Waals surface area (Å²) in [6, 6.07) is 2.90. The average molecular weight is 279 g/mol. The number of nitrogens with one attached hydrogen (secondary N) is 1. The molecule has 0 aromatic carbocycles. The van der Waals surface area contributed by atoms with Crippen LogP contribution in [0, 0.1) is 0 Å². The van der Waals surface area contributed by atoms with E-state index >= 15 is 0 Å². The van der Waals surface area contributed by atoms with Crippen LogP contribution in [0.15, 0.2) is 16.5 Å². The molecular formula is C11H15F2NO3S. The fourth-order valence-corrected chi connectivity index (χ4v) is 1.70. The molecule has 0 radical (unpaired) electrons. The van der Waals surface area contributed by atoms with Gasteiger partial charge in [0.2, 0.25) is 0 Å². The summed E-state index contributed by atoms with van der Waals surface area (Å²) < 4.78 is 33.8. The molecule has 0 aliphatic rings. The SMILES string of the molecule is COC(=O)C(C)NCc1ccc(CSC(F)F)o1. The minimum absolute atomic E-state index is 0.129. The number of ether oxygens (including phenoxy) is 1. The van der Waals surface area contributed by atoms with Gasteiger partial charge in [-0.3, -0.25) is 10.1 Å². The third-order valence-corrected chi connectivity index (χ3v) is 2.91. The zero-order valence-electron chi connectivity index (χ0n) is 10.1. The van der Waals surface area contributed by atoms with Gasteiger partial charge in [0, 0.05) is 0 Å². The van der Waals surface area contributed by atoms with Crippen molar-refractivity contribution >= 4 is 17.7 Å². The van der Waals surface area contributed by atoms with Crippen LogP contribution in [0.25, 0.3) is 0 Å². The molecule has 0 fully saturated rings. The van der Waals surface area contributed by atoms with Crippen LogP contribution in [0.3, 0.4) is 0 Å². The van der Waals surface area contributed by atoms with Crippen LogP contribution in [-0.4, -0.2) is 24.9 Å². The lowest BCUT2D eigenvalue weighted by Gasteiger charge is -2.09. The number of thioether (sulfide) groups is 1. The Morgan fingerprint density at radius 2 is 2.17 bits per heavy atom. The molecule has 4 nitrogen and oxygen atoms in total. The van der Waals surface area contributed by atoms with Gasteiger partial charge in [-0.25, -0.2) is 0 Å². The van der Waals surface area contributed by atoms with Crippen LogP contribution >= 0.6 is 11.8 Å². The van der Waals surface area contributed by atoms with Crippen molar-refractivity contribution in [3.63, 3.8) is 0 Å². The summed E-state index contributed by atoms with van der Waals surface area (Å²) >= 11 is 0.509. The summed E-state index contributed by atoms with van der Waals surface area (Å²) in [5.41, 5.74) is 0. The maximum atomic E-state index is 12.0. The Kier molecular flexibility index (Phi) is 6.14. The van der Waals surface area contributed by atoms with Crippen LogP contribution in [0.4, 0.5) is 8.78 Å². The molecule has 18 heavy (non-hydrogen) atoms. The van der Waals surface area contributed by atoms with E-state index < -0.39 is 11.8 Å². The molecule has 0 spiro atoms. The lowest BCUT2D eigenvalue weighted by Crippen LogP contribution is -2.34. The van der Waals surface area contributed by atoms with Crippen LogP contribution in [-0.2, 0) is 21.8 Å². The van der Waals surface area contributed by atoms with Gasteiger partial charge in [-0.05, 0) is 19.1 Å². The van der Waals surface area contributed by atoms with E-state index in [-0.39, 0.29) is 11.7 Å². The molecule has 1 atom stereocenters. The molecule has 102 valence electrons. The van der Waals surface area contributed by atoms with Crippen LogP contribution in [0.2, 0.25) is 0 Å². The monoisotopic (exact) mass is 279 g/mol. The van der Waals surface area contributed by atoms with E-state index in [1.165, 1.54) is 7.11 Å². The van der Waals surface area contributed by atoms with Gasteiger partial charge >= 0.3 is 5.97 Å². The van der Waals surface area contributed by atoms with Crippen molar-refractivity contribution in [1.82, 2.24) is 5.32 Å². The molecule has 1 rings (SSSR count). The van der Waals surface area contributed by atoms with Gasteiger partial charge in [-0.2, -0.15) is 8.78 Å². The highest BCUT2D eigenvalue weighted by atomic mass is 32.2. The predicted molar refractivity (Wildman–Crippen MR) is 64.3 cm³/mol. The number of carbonyl (C=O) groups is 1. The zero-order valence-corrected chi connectivity index (χ0v) is 10.9. The van der Waals surface area contributed by atoms with E-state index in [2.05, 4.69) is 10.1 Å². The van der Waals surface area contributed by atoms with E-state index in [9.17, 15) is 13.6 Å². The van der Waals surface area contributed by atoms with E-state index in [0.29, 0.717) is 29.8 Å². The Hall–Kier alpha value is -1.08. The van der Waals surface area contributed by atoms with E-state index in [1.807, 2.05) is 0 Å². The Labute approximate surface area is 108 Å². The number of methoxy groups -OCH3 is 1. The quantitative estimate of drug-likeness (QED) is 0.777. The van der Waals surface area contributed by atoms with Crippen molar-refractivity contribution < 1.29 is 22.7 Å². The maximum Gasteiger partial charge on any atom is 0.322 e. The van der Waals surface area contributed by atoms with Gasteiger partial charge in [-0.15, -0.1) is 0 Å². The molecule has 0 aliphatic carbocycles. The Morgan fingerprint density at radius 3 is 2.78 bits per heavy atom. The summed E-state index contributed by atoms with van der Waals surface area (Å²) in [6.07, 6.45) is 0. The number of carbonyl (C=O) groups excluding carboxylic acids is 1. The molecule has 1 unspecified atom stereocenters. The maximum absolute atomic E-state index is 12.0. The number of rotatable bonds is 7. The second-order valence-electron chi connectivity index (χ2n) is 3.57. The molecule has 0 bridgehead atoms. The van der Waals surface area contributed by atoms with Gasteiger partial charge < -0.3 is 9.15 Å². The first-order valence-corrected chi connectivity index (χ1v) is 6.36. The van der Waals surface area contributed by atoms with Crippen LogP contribution in [0.1, 0.15) is 18.4 Å². The Bertz CT molecular complexity index is 384. The first-order valence-electron chi connectivity index (χ1n) is 5.31. The van der Waals surface area contributed by atoms with Gasteiger partial charge in [0.15, 0.2) is 0 Å². The highest BCUT2D eigenvalue weighted by molar-refractivity contribution is 7.98. The van der Waals surface area contributed by atoms with E-state index in [4.69, 9.17) is 4.42 Å². The van der Waals surface area contributed by atoms with Crippen molar-refractivity contribution in [1.29, 1.82) is 0 Å². The summed E-state index contributed by atoms with van der Waals surface area (Å²) in [5, 5.41) is 2.90. The summed E-state index contributed by atoms with van der Waals surface area (Å²) in [4.78, 5) is 11.1. The molecule has 1 aromatic rings. The van der Waals surface area contributed by atoms with Crippen molar-refractivity contribution in [2.75, 3.05) is 7.11 Å². The highest BCUT2D eigenvalue weighted by Gasteiger charge is 2.13. The minimum Gasteiger partial charge on any atom is -0.468 e. The smallest absolute Gasteiger partial charge is 0.322 e. The number of esters is 1. The first-order chi connectivity index (χ1) is 8.52. The molecule has 0 saturated carbocycles. The normalized spacial score (nSPS) is 12.7. The fraction of sp³-hybridized carbons (Fsp3) is 0.545. The van der Waals surface area contributed by atoms with Crippen molar-refractivity contribution in [2.24, 2.45) is 0 Å². The van der Waals surface area contributed by atoms with Crippen LogP contribution in [0.5, 0.6) is 0 Å². The molecule has 7 heteroatoms. The van der Waals surface area contributed by atoms with Gasteiger partial charge in [0.25, 0.3) is 5.76 Å². The third-order valence-electron chi connectivity index (χ3n) is 2.21. The van der Waals surface area contributed by atoms with Gasteiger partial charge in [-0.1, -0.05) is 11.8 Å². The third kappa shape index (κ3) is 5.05. The number of halogens is 2.